The molecule has 0 heterocycles. The zero-order valence-electron chi connectivity index (χ0n) is 11.2. The Morgan fingerprint density at radius 1 is 1.16 bits per heavy atom. The van der Waals surface area contributed by atoms with E-state index in [1.165, 1.54) is 0 Å². The molecule has 0 bridgehead atoms. The number of carbonyl (C=O) groups is 2. The van der Waals surface area contributed by atoms with Crippen LogP contribution in [0.1, 0.15) is 31.9 Å². The normalized spacial score (nSPS) is 13.4. The molecule has 0 aliphatic carbocycles. The number of aliphatic hydroxyl groups is 1. The predicted octanol–water partition coefficient (Wildman–Crippen LogP) is 0.751. The average Bonchev–Trinajstić information content (AvgIpc) is 2.45. The van der Waals surface area contributed by atoms with E-state index < -0.39 is 11.8 Å². The maximum Gasteiger partial charge on any atom is 0.309 e. The molecule has 2 amide bonds. The van der Waals surface area contributed by atoms with Crippen LogP contribution in [0, 0.1) is 0 Å². The van der Waals surface area contributed by atoms with Gasteiger partial charge in [-0.15, -0.1) is 0 Å². The molecule has 19 heavy (non-hydrogen) atoms. The first-order chi connectivity index (χ1) is 9.08. The van der Waals surface area contributed by atoms with Crippen LogP contribution in [0.3, 0.4) is 0 Å². The van der Waals surface area contributed by atoms with Gasteiger partial charge < -0.3 is 15.7 Å². The molecule has 5 heteroatoms. The summed E-state index contributed by atoms with van der Waals surface area (Å²) < 4.78 is 0. The molecular weight excluding hydrogens is 244 g/mol. The van der Waals surface area contributed by atoms with Gasteiger partial charge in [0.05, 0.1) is 18.7 Å². The lowest BCUT2D eigenvalue weighted by molar-refractivity contribution is -0.140. The van der Waals surface area contributed by atoms with Gasteiger partial charge in [-0.1, -0.05) is 37.3 Å². The average molecular weight is 264 g/mol. The first-order valence-electron chi connectivity index (χ1n) is 6.35. The zero-order chi connectivity index (χ0) is 14.3. The first-order valence-corrected chi connectivity index (χ1v) is 6.35. The van der Waals surface area contributed by atoms with E-state index in [1.54, 1.807) is 0 Å². The van der Waals surface area contributed by atoms with Crippen molar-refractivity contribution >= 4 is 11.8 Å². The molecule has 0 spiro atoms. The molecule has 0 aromatic heterocycles. The fourth-order valence-corrected chi connectivity index (χ4v) is 1.61. The van der Waals surface area contributed by atoms with E-state index in [0.717, 1.165) is 5.56 Å². The van der Waals surface area contributed by atoms with Gasteiger partial charge in [-0.2, -0.15) is 0 Å². The van der Waals surface area contributed by atoms with E-state index in [4.69, 9.17) is 5.11 Å². The predicted molar refractivity (Wildman–Crippen MR) is 72.3 cm³/mol. The molecule has 0 saturated heterocycles. The Morgan fingerprint density at radius 3 is 2.26 bits per heavy atom. The van der Waals surface area contributed by atoms with Crippen LogP contribution in [-0.4, -0.2) is 29.6 Å². The quantitative estimate of drug-likeness (QED) is 0.687. The van der Waals surface area contributed by atoms with E-state index in [2.05, 4.69) is 10.6 Å². The molecule has 1 rings (SSSR count). The molecule has 0 radical (unpaired) electrons. The Labute approximate surface area is 113 Å². The van der Waals surface area contributed by atoms with E-state index in [1.807, 2.05) is 44.2 Å². The summed E-state index contributed by atoms with van der Waals surface area (Å²) in [6.45, 7) is 3.46. The molecule has 1 aromatic carbocycles. The second-order valence-electron chi connectivity index (χ2n) is 4.37. The highest BCUT2D eigenvalue weighted by Gasteiger charge is 2.19. The van der Waals surface area contributed by atoms with E-state index in [9.17, 15) is 9.59 Å². The maximum atomic E-state index is 11.7. The van der Waals surface area contributed by atoms with E-state index in [-0.39, 0.29) is 18.7 Å². The van der Waals surface area contributed by atoms with Gasteiger partial charge in [0.15, 0.2) is 0 Å². The van der Waals surface area contributed by atoms with Gasteiger partial charge in [-0.3, -0.25) is 9.59 Å². The van der Waals surface area contributed by atoms with Gasteiger partial charge in [-0.25, -0.2) is 0 Å². The summed E-state index contributed by atoms with van der Waals surface area (Å²) in [5, 5.41) is 14.1. The van der Waals surface area contributed by atoms with Crippen LogP contribution >= 0.6 is 0 Å². The summed E-state index contributed by atoms with van der Waals surface area (Å²) in [5.74, 6) is -1.41. The molecular formula is C14H20N2O3. The second-order valence-corrected chi connectivity index (χ2v) is 4.37. The molecule has 104 valence electrons. The number of hydrogen-bond donors (Lipinski definition) is 3. The fraction of sp³-hybridized carbons (Fsp3) is 0.429. The van der Waals surface area contributed by atoms with Crippen LogP contribution < -0.4 is 10.6 Å². The third kappa shape index (κ3) is 4.71. The smallest absolute Gasteiger partial charge is 0.309 e. The number of carbonyl (C=O) groups excluding carboxylic acids is 2. The second kappa shape index (κ2) is 7.53. The molecule has 2 atom stereocenters. The van der Waals surface area contributed by atoms with Crippen LogP contribution in [0.4, 0.5) is 0 Å². The Kier molecular flexibility index (Phi) is 6.02. The van der Waals surface area contributed by atoms with Crippen molar-refractivity contribution in [2.24, 2.45) is 0 Å². The van der Waals surface area contributed by atoms with Gasteiger partial charge in [0, 0.05) is 0 Å². The molecule has 0 unspecified atom stereocenters. The van der Waals surface area contributed by atoms with Crippen LogP contribution in [0.2, 0.25) is 0 Å². The van der Waals surface area contributed by atoms with Crippen molar-refractivity contribution in [2.75, 3.05) is 6.61 Å². The molecule has 5 nitrogen and oxygen atoms in total. The Balaban J connectivity index is 2.53. The number of amides is 2. The van der Waals surface area contributed by atoms with Crippen LogP contribution in [0.25, 0.3) is 0 Å². The molecule has 0 fully saturated rings. The molecule has 0 aliphatic heterocycles. The van der Waals surface area contributed by atoms with Crippen molar-refractivity contribution in [1.82, 2.24) is 10.6 Å². The molecule has 0 aliphatic rings. The van der Waals surface area contributed by atoms with Gasteiger partial charge in [0.1, 0.15) is 0 Å². The standard InChI is InChI=1S/C14H20N2O3/c1-3-12(9-17)16-14(19)13(18)15-10(2)11-7-5-4-6-8-11/h4-8,10,12,17H,3,9H2,1-2H3,(H,15,18)(H,16,19)/t10-,12+/m1/s1. The van der Waals surface area contributed by atoms with Gasteiger partial charge >= 0.3 is 11.8 Å². The van der Waals surface area contributed by atoms with Gasteiger partial charge in [0.25, 0.3) is 0 Å². The van der Waals surface area contributed by atoms with E-state index >= 15 is 0 Å². The minimum Gasteiger partial charge on any atom is -0.394 e. The third-order valence-electron chi connectivity index (χ3n) is 2.90. The maximum absolute atomic E-state index is 11.7. The lowest BCUT2D eigenvalue weighted by Gasteiger charge is -2.16. The lowest BCUT2D eigenvalue weighted by atomic mass is 10.1. The first kappa shape index (κ1) is 15.2. The van der Waals surface area contributed by atoms with Gasteiger partial charge in [-0.05, 0) is 18.9 Å². The summed E-state index contributed by atoms with van der Waals surface area (Å²) in [6, 6.07) is 8.77. The number of benzene rings is 1. The van der Waals surface area contributed by atoms with E-state index in [0.29, 0.717) is 6.42 Å². The minimum absolute atomic E-state index is 0.177. The number of nitrogens with one attached hydrogen (secondary N) is 2. The lowest BCUT2D eigenvalue weighted by Crippen LogP contribution is -2.46. The molecule has 3 N–H and O–H groups in total. The van der Waals surface area contributed by atoms with Crippen molar-refractivity contribution < 1.29 is 14.7 Å². The molecule has 1 aromatic rings. The zero-order valence-corrected chi connectivity index (χ0v) is 11.2. The summed E-state index contributed by atoms with van der Waals surface area (Å²) >= 11 is 0. The van der Waals surface area contributed by atoms with Crippen LogP contribution in [0.15, 0.2) is 30.3 Å². The highest BCUT2D eigenvalue weighted by atomic mass is 16.3. The van der Waals surface area contributed by atoms with Crippen molar-refractivity contribution in [3.05, 3.63) is 35.9 Å². The number of hydrogen-bond acceptors (Lipinski definition) is 3. The summed E-state index contributed by atoms with van der Waals surface area (Å²) in [7, 11) is 0. The summed E-state index contributed by atoms with van der Waals surface area (Å²) in [5.41, 5.74) is 0.929. The largest absolute Gasteiger partial charge is 0.394 e. The summed E-state index contributed by atoms with van der Waals surface area (Å²) in [6.07, 6.45) is 0.573. The summed E-state index contributed by atoms with van der Waals surface area (Å²) in [4.78, 5) is 23.3. The van der Waals surface area contributed by atoms with Crippen LogP contribution in [-0.2, 0) is 9.59 Å². The van der Waals surface area contributed by atoms with Crippen molar-refractivity contribution in [1.29, 1.82) is 0 Å². The Hall–Kier alpha value is -1.88. The topological polar surface area (TPSA) is 78.4 Å². The third-order valence-corrected chi connectivity index (χ3v) is 2.90. The highest BCUT2D eigenvalue weighted by Crippen LogP contribution is 2.10. The van der Waals surface area contributed by atoms with Crippen molar-refractivity contribution in [3.63, 3.8) is 0 Å². The molecule has 0 saturated carbocycles. The Morgan fingerprint density at radius 2 is 1.74 bits per heavy atom. The fourth-order valence-electron chi connectivity index (χ4n) is 1.61. The SMILES string of the molecule is CC[C@@H](CO)NC(=O)C(=O)N[C@H](C)c1ccccc1. The van der Waals surface area contributed by atoms with Gasteiger partial charge in [0.2, 0.25) is 0 Å². The number of rotatable bonds is 5. The number of aliphatic hydroxyl groups excluding tert-OH is 1. The Bertz CT molecular complexity index is 416. The highest BCUT2D eigenvalue weighted by molar-refractivity contribution is 6.35. The van der Waals surface area contributed by atoms with Crippen LogP contribution in [0.5, 0.6) is 0 Å². The van der Waals surface area contributed by atoms with Crippen molar-refractivity contribution in [3.8, 4) is 0 Å². The minimum atomic E-state index is -0.719. The van der Waals surface area contributed by atoms with Crippen molar-refractivity contribution in [2.45, 2.75) is 32.4 Å². The monoisotopic (exact) mass is 264 g/mol.